The number of halogens is 3. The fraction of sp³-hybridized carbons (Fsp3) is 0.238. The number of hydrogen-bond donors (Lipinski definition) is 1. The quantitative estimate of drug-likeness (QED) is 0.484. The van der Waals surface area contributed by atoms with Gasteiger partial charge in [0.25, 0.3) is 5.91 Å². The molecule has 5 rings (SSSR count). The van der Waals surface area contributed by atoms with Crippen LogP contribution in [0.15, 0.2) is 42.7 Å². The van der Waals surface area contributed by atoms with Gasteiger partial charge in [0.1, 0.15) is 5.69 Å². The molecule has 0 atom stereocenters. The Bertz CT molecular complexity index is 1270. The highest BCUT2D eigenvalue weighted by atomic mass is 32.1. The van der Waals surface area contributed by atoms with E-state index < -0.39 is 11.7 Å². The van der Waals surface area contributed by atoms with Crippen LogP contribution in [0.3, 0.4) is 0 Å². The van der Waals surface area contributed by atoms with Crippen molar-refractivity contribution in [1.29, 1.82) is 0 Å². The number of hydrogen-bond acceptors (Lipinski definition) is 5. The van der Waals surface area contributed by atoms with Gasteiger partial charge in [-0.25, -0.2) is 14.5 Å². The molecule has 1 aromatic carbocycles. The number of nitrogens with one attached hydrogen (secondary N) is 1. The minimum atomic E-state index is -4.51. The number of thiazole rings is 1. The van der Waals surface area contributed by atoms with Crippen molar-refractivity contribution in [3.05, 3.63) is 63.9 Å². The van der Waals surface area contributed by atoms with E-state index in [-0.39, 0.29) is 22.8 Å². The van der Waals surface area contributed by atoms with Crippen LogP contribution in [0, 0.1) is 0 Å². The van der Waals surface area contributed by atoms with Gasteiger partial charge >= 0.3 is 6.18 Å². The number of alkyl halides is 3. The highest BCUT2D eigenvalue weighted by Crippen LogP contribution is 2.36. The lowest BCUT2D eigenvalue weighted by molar-refractivity contribution is -0.137. The van der Waals surface area contributed by atoms with Gasteiger partial charge < -0.3 is 5.32 Å². The van der Waals surface area contributed by atoms with Gasteiger partial charge in [0.05, 0.1) is 23.1 Å². The molecule has 1 aliphatic carbocycles. The highest BCUT2D eigenvalue weighted by Gasteiger charge is 2.33. The van der Waals surface area contributed by atoms with E-state index in [4.69, 9.17) is 0 Å². The maximum Gasteiger partial charge on any atom is 0.417 e. The van der Waals surface area contributed by atoms with Crippen LogP contribution in [0.2, 0.25) is 0 Å². The summed E-state index contributed by atoms with van der Waals surface area (Å²) in [5, 5.41) is 7.26. The van der Waals surface area contributed by atoms with Crippen LogP contribution in [-0.2, 0) is 19.0 Å². The molecule has 0 saturated carbocycles. The first-order chi connectivity index (χ1) is 14.9. The van der Waals surface area contributed by atoms with Crippen molar-refractivity contribution in [1.82, 2.24) is 19.6 Å². The monoisotopic (exact) mass is 443 g/mol. The van der Waals surface area contributed by atoms with Gasteiger partial charge in [-0.15, -0.1) is 11.3 Å². The van der Waals surface area contributed by atoms with Gasteiger partial charge in [-0.2, -0.15) is 18.3 Å². The number of aryl methyl sites for hydroxylation is 2. The molecule has 3 aromatic heterocycles. The van der Waals surface area contributed by atoms with Gasteiger partial charge in [-0.1, -0.05) is 18.2 Å². The number of carbonyl (C=O) groups is 1. The SMILES string of the molecule is O=C(Nc1cnn2ccc(-c3ccccc3C(F)(F)F)nc12)c1nc2c(s1)CCCC2. The van der Waals surface area contributed by atoms with Crippen LogP contribution in [0.4, 0.5) is 18.9 Å². The molecule has 158 valence electrons. The van der Waals surface area contributed by atoms with Gasteiger partial charge in [-0.05, 0) is 37.8 Å². The molecule has 0 bridgehead atoms. The van der Waals surface area contributed by atoms with Crippen molar-refractivity contribution in [2.24, 2.45) is 0 Å². The zero-order chi connectivity index (χ0) is 21.6. The predicted molar refractivity (Wildman–Crippen MR) is 110 cm³/mol. The van der Waals surface area contributed by atoms with Crippen LogP contribution < -0.4 is 5.32 Å². The molecule has 1 N–H and O–H groups in total. The molecule has 0 spiro atoms. The molecule has 0 saturated heterocycles. The van der Waals surface area contributed by atoms with E-state index >= 15 is 0 Å². The largest absolute Gasteiger partial charge is 0.417 e. The van der Waals surface area contributed by atoms with E-state index in [0.717, 1.165) is 42.3 Å². The summed E-state index contributed by atoms with van der Waals surface area (Å²) in [4.78, 5) is 22.7. The summed E-state index contributed by atoms with van der Waals surface area (Å²) in [6.07, 6.45) is 2.40. The van der Waals surface area contributed by atoms with Crippen LogP contribution in [0.5, 0.6) is 0 Å². The molecule has 0 unspecified atom stereocenters. The van der Waals surface area contributed by atoms with E-state index in [0.29, 0.717) is 10.7 Å². The van der Waals surface area contributed by atoms with Crippen LogP contribution in [0.25, 0.3) is 16.9 Å². The Morgan fingerprint density at radius 2 is 1.90 bits per heavy atom. The van der Waals surface area contributed by atoms with Gasteiger partial charge in [-0.3, -0.25) is 4.79 Å². The van der Waals surface area contributed by atoms with Crippen molar-refractivity contribution in [3.8, 4) is 11.3 Å². The normalized spacial score (nSPS) is 13.9. The van der Waals surface area contributed by atoms with Gasteiger partial charge in [0.15, 0.2) is 10.7 Å². The second-order valence-corrected chi connectivity index (χ2v) is 8.32. The van der Waals surface area contributed by atoms with E-state index in [1.54, 1.807) is 0 Å². The molecule has 0 fully saturated rings. The van der Waals surface area contributed by atoms with E-state index in [2.05, 4.69) is 20.4 Å². The number of aromatic nitrogens is 4. The Labute approximate surface area is 178 Å². The fourth-order valence-corrected chi connectivity index (χ4v) is 4.73. The third-order valence-corrected chi connectivity index (χ3v) is 6.32. The first-order valence-electron chi connectivity index (χ1n) is 9.71. The molecule has 0 radical (unpaired) electrons. The summed E-state index contributed by atoms with van der Waals surface area (Å²) in [5.41, 5.74) is 0.870. The average Bonchev–Trinajstić information content (AvgIpc) is 3.37. The molecule has 6 nitrogen and oxygen atoms in total. The molecule has 3 heterocycles. The third-order valence-electron chi connectivity index (χ3n) is 5.17. The van der Waals surface area contributed by atoms with Crippen molar-refractivity contribution in [2.75, 3.05) is 5.32 Å². The number of benzene rings is 1. The topological polar surface area (TPSA) is 72.2 Å². The van der Waals surface area contributed by atoms with E-state index in [1.165, 1.54) is 52.5 Å². The zero-order valence-electron chi connectivity index (χ0n) is 16.1. The van der Waals surface area contributed by atoms with Crippen molar-refractivity contribution in [2.45, 2.75) is 31.9 Å². The number of fused-ring (bicyclic) bond motifs is 2. The minimum absolute atomic E-state index is 0.0384. The van der Waals surface area contributed by atoms with Crippen molar-refractivity contribution in [3.63, 3.8) is 0 Å². The number of amides is 1. The molecule has 10 heteroatoms. The Hall–Kier alpha value is -3.27. The lowest BCUT2D eigenvalue weighted by Gasteiger charge is -2.12. The molecule has 1 amide bonds. The Morgan fingerprint density at radius 1 is 1.10 bits per heavy atom. The van der Waals surface area contributed by atoms with Crippen molar-refractivity contribution < 1.29 is 18.0 Å². The third kappa shape index (κ3) is 3.67. The Balaban J connectivity index is 1.49. The van der Waals surface area contributed by atoms with E-state index in [9.17, 15) is 18.0 Å². The second kappa shape index (κ2) is 7.45. The zero-order valence-corrected chi connectivity index (χ0v) is 16.9. The van der Waals surface area contributed by atoms with Crippen LogP contribution in [-0.4, -0.2) is 25.5 Å². The van der Waals surface area contributed by atoms with Crippen molar-refractivity contribution >= 4 is 28.6 Å². The van der Waals surface area contributed by atoms with Crippen LogP contribution in [0.1, 0.15) is 38.8 Å². The summed E-state index contributed by atoms with van der Waals surface area (Å²) in [7, 11) is 0. The Kier molecular flexibility index (Phi) is 4.73. The number of rotatable bonds is 3. The first kappa shape index (κ1) is 19.7. The molecule has 0 aliphatic heterocycles. The number of anilines is 1. The first-order valence-corrected chi connectivity index (χ1v) is 10.5. The maximum atomic E-state index is 13.4. The van der Waals surface area contributed by atoms with Gasteiger partial charge in [0, 0.05) is 16.6 Å². The van der Waals surface area contributed by atoms with Crippen LogP contribution >= 0.6 is 11.3 Å². The molecule has 1 aliphatic rings. The summed E-state index contributed by atoms with van der Waals surface area (Å²) >= 11 is 1.38. The van der Waals surface area contributed by atoms with E-state index in [1.807, 2.05) is 0 Å². The highest BCUT2D eigenvalue weighted by molar-refractivity contribution is 7.13. The molecule has 4 aromatic rings. The summed E-state index contributed by atoms with van der Waals surface area (Å²) < 4.78 is 41.7. The molecule has 31 heavy (non-hydrogen) atoms. The minimum Gasteiger partial charge on any atom is -0.315 e. The standard InChI is InChI=1S/C21H16F3N5OS/c22-21(23,24)13-6-2-1-5-12(13)14-9-10-29-18(26-14)16(11-25-29)27-19(30)20-28-15-7-3-4-8-17(15)31-20/h1-2,5-6,9-11H,3-4,7-8H2,(H,27,30). The Morgan fingerprint density at radius 3 is 2.71 bits per heavy atom. The predicted octanol–water partition coefficient (Wildman–Crippen LogP) is 5.00. The lowest BCUT2D eigenvalue weighted by Crippen LogP contribution is -2.12. The lowest BCUT2D eigenvalue weighted by atomic mass is 10.0. The fourth-order valence-electron chi connectivity index (χ4n) is 3.69. The average molecular weight is 443 g/mol. The number of nitrogens with zero attached hydrogens (tertiary/aromatic N) is 4. The summed E-state index contributed by atoms with van der Waals surface area (Å²) in [6.45, 7) is 0. The molecular weight excluding hydrogens is 427 g/mol. The summed E-state index contributed by atoms with van der Waals surface area (Å²) in [6, 6.07) is 6.72. The second-order valence-electron chi connectivity index (χ2n) is 7.23. The van der Waals surface area contributed by atoms with Gasteiger partial charge in [0.2, 0.25) is 0 Å². The smallest absolute Gasteiger partial charge is 0.315 e. The molecular formula is C21H16F3N5OS. The number of carbonyl (C=O) groups excluding carboxylic acids is 1. The summed E-state index contributed by atoms with van der Waals surface area (Å²) in [5.74, 6) is -0.378. The maximum absolute atomic E-state index is 13.4.